The van der Waals surface area contributed by atoms with Crippen LogP contribution in [0.3, 0.4) is 0 Å². The number of para-hydroxylation sites is 1. The van der Waals surface area contributed by atoms with Crippen molar-refractivity contribution in [3.8, 4) is 0 Å². The van der Waals surface area contributed by atoms with Crippen LogP contribution in [0, 0.1) is 5.92 Å². The van der Waals surface area contributed by atoms with Crippen molar-refractivity contribution in [1.29, 1.82) is 0 Å². The van der Waals surface area contributed by atoms with E-state index in [-0.39, 0.29) is 5.75 Å². The largest absolute Gasteiger partial charge is 0.372 e. The lowest BCUT2D eigenvalue weighted by molar-refractivity contribution is 0.552. The second-order valence-corrected chi connectivity index (χ2v) is 8.49. The minimum absolute atomic E-state index is 0.119. The molecular weight excluding hydrogens is 308 g/mol. The van der Waals surface area contributed by atoms with Gasteiger partial charge in [0.15, 0.2) is 0 Å². The first-order valence-corrected chi connectivity index (χ1v) is 9.51. The van der Waals surface area contributed by atoms with Crippen molar-refractivity contribution in [3.63, 3.8) is 0 Å². The van der Waals surface area contributed by atoms with Gasteiger partial charge in [0.2, 0.25) is 0 Å². The predicted molar refractivity (Wildman–Crippen MR) is 91.0 cm³/mol. The minimum atomic E-state index is -2.98. The van der Waals surface area contributed by atoms with E-state index in [0.29, 0.717) is 17.5 Å². The van der Waals surface area contributed by atoms with Gasteiger partial charge in [0.05, 0.1) is 16.5 Å². The molecule has 0 saturated carbocycles. The summed E-state index contributed by atoms with van der Waals surface area (Å²) in [5.74, 6) is 0.698. The molecule has 0 aromatic heterocycles. The highest BCUT2D eigenvalue weighted by Gasteiger charge is 2.13. The fourth-order valence-electron chi connectivity index (χ4n) is 2.04. The van der Waals surface area contributed by atoms with Crippen LogP contribution in [0.5, 0.6) is 0 Å². The van der Waals surface area contributed by atoms with E-state index in [0.717, 1.165) is 24.3 Å². The fraction of sp³-hybridized carbons (Fsp3) is 0.600. The summed E-state index contributed by atoms with van der Waals surface area (Å²) in [4.78, 5) is 1.91. The number of benzene rings is 1. The monoisotopic (exact) mass is 332 g/mol. The first-order chi connectivity index (χ1) is 9.70. The van der Waals surface area contributed by atoms with Crippen molar-refractivity contribution < 1.29 is 8.42 Å². The zero-order valence-corrected chi connectivity index (χ0v) is 14.8. The van der Waals surface area contributed by atoms with Crippen molar-refractivity contribution in [1.82, 2.24) is 5.32 Å². The Bertz CT molecular complexity index is 559. The molecule has 0 atom stereocenters. The first kappa shape index (κ1) is 18.3. The number of halogens is 1. The lowest BCUT2D eigenvalue weighted by Gasteiger charge is -2.24. The zero-order valence-electron chi connectivity index (χ0n) is 13.2. The van der Waals surface area contributed by atoms with Gasteiger partial charge in [-0.3, -0.25) is 0 Å². The SMILES string of the molecule is CC(C)CNCc1cccc(Cl)c1N(C)CCS(C)(=O)=O. The molecule has 0 fully saturated rings. The third-order valence-electron chi connectivity index (χ3n) is 3.12. The van der Waals surface area contributed by atoms with Crippen LogP contribution in [0.4, 0.5) is 5.69 Å². The van der Waals surface area contributed by atoms with Crippen molar-refractivity contribution in [2.24, 2.45) is 5.92 Å². The van der Waals surface area contributed by atoms with Crippen LogP contribution in [0.25, 0.3) is 0 Å². The molecular formula is C15H25ClN2O2S. The summed E-state index contributed by atoms with van der Waals surface area (Å²) in [5.41, 5.74) is 1.98. The highest BCUT2D eigenvalue weighted by molar-refractivity contribution is 7.90. The molecule has 1 aromatic carbocycles. The highest BCUT2D eigenvalue weighted by Crippen LogP contribution is 2.29. The Morgan fingerprint density at radius 3 is 2.57 bits per heavy atom. The molecule has 120 valence electrons. The van der Waals surface area contributed by atoms with Crippen LogP contribution in [0.1, 0.15) is 19.4 Å². The van der Waals surface area contributed by atoms with Gasteiger partial charge in [0.1, 0.15) is 9.84 Å². The molecule has 0 aliphatic rings. The normalized spacial score (nSPS) is 11.9. The van der Waals surface area contributed by atoms with E-state index in [9.17, 15) is 8.42 Å². The standard InChI is InChI=1S/C15H25ClN2O2S/c1-12(2)10-17-11-13-6-5-7-14(16)15(13)18(3)8-9-21(4,19)20/h5-7,12,17H,8-11H2,1-4H3. The summed E-state index contributed by atoms with van der Waals surface area (Å²) >= 11 is 6.30. The molecule has 0 radical (unpaired) electrons. The summed E-state index contributed by atoms with van der Waals surface area (Å²) in [5, 5.41) is 4.04. The van der Waals surface area contributed by atoms with Gasteiger partial charge in [-0.2, -0.15) is 0 Å². The van der Waals surface area contributed by atoms with E-state index in [1.807, 2.05) is 30.1 Å². The van der Waals surface area contributed by atoms with Crippen molar-refractivity contribution >= 4 is 27.1 Å². The molecule has 1 rings (SSSR count). The van der Waals surface area contributed by atoms with Gasteiger partial charge in [-0.15, -0.1) is 0 Å². The first-order valence-electron chi connectivity index (χ1n) is 7.07. The Morgan fingerprint density at radius 1 is 1.33 bits per heavy atom. The van der Waals surface area contributed by atoms with Crippen LogP contribution in [0.15, 0.2) is 18.2 Å². The molecule has 1 N–H and O–H groups in total. The summed E-state index contributed by atoms with van der Waals surface area (Å²) in [6.07, 6.45) is 1.25. The quantitative estimate of drug-likeness (QED) is 0.795. The second kappa shape index (κ2) is 8.01. The van der Waals surface area contributed by atoms with E-state index in [4.69, 9.17) is 11.6 Å². The maximum absolute atomic E-state index is 11.3. The van der Waals surface area contributed by atoms with Crippen LogP contribution in [0.2, 0.25) is 5.02 Å². The average Bonchev–Trinajstić information content (AvgIpc) is 2.35. The third kappa shape index (κ3) is 6.68. The van der Waals surface area contributed by atoms with Crippen LogP contribution >= 0.6 is 11.6 Å². The molecule has 6 heteroatoms. The molecule has 0 spiro atoms. The van der Waals surface area contributed by atoms with E-state index < -0.39 is 9.84 Å². The summed E-state index contributed by atoms with van der Waals surface area (Å²) < 4.78 is 22.6. The van der Waals surface area contributed by atoms with Gasteiger partial charge in [0.25, 0.3) is 0 Å². The number of nitrogens with zero attached hydrogens (tertiary/aromatic N) is 1. The number of sulfone groups is 1. The molecule has 4 nitrogen and oxygen atoms in total. The Balaban J connectivity index is 2.83. The number of nitrogens with one attached hydrogen (secondary N) is 1. The molecule has 1 aromatic rings. The summed E-state index contributed by atoms with van der Waals surface area (Å²) in [7, 11) is -1.11. The highest BCUT2D eigenvalue weighted by atomic mass is 35.5. The Kier molecular flexibility index (Phi) is 6.97. The van der Waals surface area contributed by atoms with Gasteiger partial charge < -0.3 is 10.2 Å². The van der Waals surface area contributed by atoms with Gasteiger partial charge >= 0.3 is 0 Å². The van der Waals surface area contributed by atoms with Crippen LogP contribution in [-0.4, -0.2) is 40.6 Å². The number of hydrogen-bond donors (Lipinski definition) is 1. The summed E-state index contributed by atoms with van der Waals surface area (Å²) in [6, 6.07) is 5.77. The van der Waals surface area contributed by atoms with E-state index >= 15 is 0 Å². The average molecular weight is 333 g/mol. The lowest BCUT2D eigenvalue weighted by Crippen LogP contribution is -2.27. The minimum Gasteiger partial charge on any atom is -0.372 e. The molecule has 0 heterocycles. The van der Waals surface area contributed by atoms with Crippen molar-refractivity contribution in [2.75, 3.05) is 37.0 Å². The number of hydrogen-bond acceptors (Lipinski definition) is 4. The maximum Gasteiger partial charge on any atom is 0.149 e. The molecule has 0 saturated heterocycles. The van der Waals surface area contributed by atoms with Gasteiger partial charge in [-0.05, 0) is 24.1 Å². The van der Waals surface area contributed by atoms with Crippen LogP contribution in [-0.2, 0) is 16.4 Å². The van der Waals surface area contributed by atoms with Gasteiger partial charge in [-0.25, -0.2) is 8.42 Å². The van der Waals surface area contributed by atoms with E-state index in [1.54, 1.807) is 0 Å². The van der Waals surface area contributed by atoms with E-state index in [1.165, 1.54) is 6.26 Å². The predicted octanol–water partition coefficient (Wildman–Crippen LogP) is 2.57. The number of rotatable bonds is 8. The topological polar surface area (TPSA) is 49.4 Å². The molecule has 0 amide bonds. The molecule has 0 bridgehead atoms. The van der Waals surface area contributed by atoms with E-state index in [2.05, 4.69) is 19.2 Å². The molecule has 0 unspecified atom stereocenters. The second-order valence-electron chi connectivity index (χ2n) is 5.82. The molecule has 0 aliphatic carbocycles. The van der Waals surface area contributed by atoms with Crippen molar-refractivity contribution in [3.05, 3.63) is 28.8 Å². The zero-order chi connectivity index (χ0) is 16.0. The third-order valence-corrected chi connectivity index (χ3v) is 4.35. The van der Waals surface area contributed by atoms with Crippen LogP contribution < -0.4 is 10.2 Å². The Labute approximate surface area is 133 Å². The maximum atomic E-state index is 11.3. The Hall–Kier alpha value is -0.780. The smallest absolute Gasteiger partial charge is 0.149 e. The molecule has 0 aliphatic heterocycles. The van der Waals surface area contributed by atoms with Gasteiger partial charge in [0, 0.05) is 26.4 Å². The van der Waals surface area contributed by atoms with Gasteiger partial charge in [-0.1, -0.05) is 37.6 Å². The van der Waals surface area contributed by atoms with Crippen molar-refractivity contribution in [2.45, 2.75) is 20.4 Å². The summed E-state index contributed by atoms with van der Waals surface area (Å²) in [6.45, 7) is 6.39. The fourth-order valence-corrected chi connectivity index (χ4v) is 2.98. The number of anilines is 1. The molecule has 21 heavy (non-hydrogen) atoms. The Morgan fingerprint density at radius 2 is 2.00 bits per heavy atom. The lowest BCUT2D eigenvalue weighted by atomic mass is 10.1.